The van der Waals surface area contributed by atoms with Gasteiger partial charge in [0.15, 0.2) is 0 Å². The molecule has 0 bridgehead atoms. The smallest absolute Gasteiger partial charge is 0.343 e. The quantitative estimate of drug-likeness (QED) is 0.508. The van der Waals surface area contributed by atoms with E-state index in [2.05, 4.69) is 0 Å². The van der Waals surface area contributed by atoms with Crippen molar-refractivity contribution in [2.24, 2.45) is 0 Å². The molecule has 2 aromatic carbocycles. The third kappa shape index (κ3) is 3.46. The van der Waals surface area contributed by atoms with Crippen molar-refractivity contribution >= 4 is 11.7 Å². The Labute approximate surface area is 117 Å². The Morgan fingerprint density at radius 3 is 2.30 bits per heavy atom. The fourth-order valence-corrected chi connectivity index (χ4v) is 1.65. The Hall–Kier alpha value is -2.59. The minimum Gasteiger partial charge on any atom is -0.429 e. The van der Waals surface area contributed by atoms with Gasteiger partial charge in [-0.15, -0.1) is 0 Å². The van der Waals surface area contributed by atoms with Gasteiger partial charge in [0.2, 0.25) is 0 Å². The predicted molar refractivity (Wildman–Crippen MR) is 75.9 cm³/mol. The molecule has 0 fully saturated rings. The van der Waals surface area contributed by atoms with Crippen LogP contribution in [0, 0.1) is 6.92 Å². The number of nitrogens with one attached hydrogen (secondary N) is 1. The normalized spacial score (nSPS) is 11.0. The molecule has 20 heavy (non-hydrogen) atoms. The highest BCUT2D eigenvalue weighted by molar-refractivity contribution is 5.90. The first kappa shape index (κ1) is 13.8. The fraction of sp³-hybridized carbons (Fsp3) is 0.0625. The number of hydrogen-bond acceptors (Lipinski definition) is 4. The molecule has 0 spiro atoms. The lowest BCUT2D eigenvalue weighted by Gasteiger charge is -2.06. The van der Waals surface area contributed by atoms with E-state index in [4.69, 9.17) is 9.94 Å². The summed E-state index contributed by atoms with van der Waals surface area (Å²) in [7, 11) is 0. The van der Waals surface area contributed by atoms with Crippen LogP contribution in [-0.2, 0) is 4.74 Å². The molecule has 0 aliphatic carbocycles. The van der Waals surface area contributed by atoms with Gasteiger partial charge in [-0.2, -0.15) is 0 Å². The summed E-state index contributed by atoms with van der Waals surface area (Å²) >= 11 is 0. The zero-order valence-electron chi connectivity index (χ0n) is 11.0. The van der Waals surface area contributed by atoms with Crippen LogP contribution < -0.4 is 5.48 Å². The Balaban J connectivity index is 2.11. The van der Waals surface area contributed by atoms with Crippen LogP contribution in [0.2, 0.25) is 0 Å². The van der Waals surface area contributed by atoms with Gasteiger partial charge in [-0.3, -0.25) is 10.7 Å². The topological polar surface area (TPSA) is 58.6 Å². The van der Waals surface area contributed by atoms with Crippen molar-refractivity contribution in [1.82, 2.24) is 5.48 Å². The standard InChI is InChI=1S/C16H15NO3/c1-12-7-9-14(10-8-12)16(18)20-11-15(17-19)13-5-3-2-4-6-13/h2-11,17,19H,1H3. The average Bonchev–Trinajstić information content (AvgIpc) is 2.49. The van der Waals surface area contributed by atoms with Crippen LogP contribution in [0.4, 0.5) is 0 Å². The number of carbonyl (C=O) groups is 1. The van der Waals surface area contributed by atoms with Crippen LogP contribution in [0.5, 0.6) is 0 Å². The van der Waals surface area contributed by atoms with Crippen molar-refractivity contribution in [2.45, 2.75) is 6.92 Å². The fourth-order valence-electron chi connectivity index (χ4n) is 1.65. The average molecular weight is 269 g/mol. The van der Waals surface area contributed by atoms with Crippen LogP contribution in [-0.4, -0.2) is 11.2 Å². The van der Waals surface area contributed by atoms with E-state index in [1.807, 2.05) is 42.7 Å². The summed E-state index contributed by atoms with van der Waals surface area (Å²) in [5, 5.41) is 9.09. The molecule has 0 aliphatic heterocycles. The van der Waals surface area contributed by atoms with Gasteiger partial charge in [0, 0.05) is 5.56 Å². The molecule has 0 saturated heterocycles. The molecule has 0 radical (unpaired) electrons. The number of aryl methyl sites for hydroxylation is 1. The molecule has 4 heteroatoms. The van der Waals surface area contributed by atoms with Gasteiger partial charge in [0.25, 0.3) is 0 Å². The molecule has 0 atom stereocenters. The Kier molecular flexibility index (Phi) is 4.52. The summed E-state index contributed by atoms with van der Waals surface area (Å²) in [6, 6.07) is 16.1. The molecular formula is C16H15NO3. The zero-order chi connectivity index (χ0) is 14.4. The highest BCUT2D eigenvalue weighted by atomic mass is 16.5. The number of benzene rings is 2. The van der Waals surface area contributed by atoms with Gasteiger partial charge in [0.1, 0.15) is 12.0 Å². The summed E-state index contributed by atoms with van der Waals surface area (Å²) < 4.78 is 5.05. The highest BCUT2D eigenvalue weighted by Crippen LogP contribution is 2.11. The van der Waals surface area contributed by atoms with Crippen molar-refractivity contribution in [1.29, 1.82) is 0 Å². The summed E-state index contributed by atoms with van der Waals surface area (Å²) in [5.41, 5.74) is 4.57. The van der Waals surface area contributed by atoms with Gasteiger partial charge in [0.05, 0.1) is 5.56 Å². The van der Waals surface area contributed by atoms with Crippen molar-refractivity contribution in [3.05, 3.63) is 77.5 Å². The molecule has 0 aliphatic rings. The van der Waals surface area contributed by atoms with E-state index < -0.39 is 5.97 Å². The van der Waals surface area contributed by atoms with Crippen LogP contribution in [0.3, 0.4) is 0 Å². The first-order valence-corrected chi connectivity index (χ1v) is 6.14. The number of esters is 1. The SMILES string of the molecule is Cc1ccc(C(=O)OC=C(NO)c2ccccc2)cc1. The lowest BCUT2D eigenvalue weighted by atomic mass is 10.1. The molecule has 0 unspecified atom stereocenters. The van der Waals surface area contributed by atoms with Crippen LogP contribution in [0.25, 0.3) is 5.70 Å². The van der Waals surface area contributed by atoms with Gasteiger partial charge in [-0.25, -0.2) is 4.79 Å². The molecule has 2 rings (SSSR count). The Bertz CT molecular complexity index is 603. The van der Waals surface area contributed by atoms with Crippen LogP contribution in [0.15, 0.2) is 60.9 Å². The first-order chi connectivity index (χ1) is 9.70. The first-order valence-electron chi connectivity index (χ1n) is 6.14. The zero-order valence-corrected chi connectivity index (χ0v) is 11.0. The van der Waals surface area contributed by atoms with E-state index in [1.54, 1.807) is 24.3 Å². The predicted octanol–water partition coefficient (Wildman–Crippen LogP) is 3.13. The maximum absolute atomic E-state index is 11.8. The van der Waals surface area contributed by atoms with Crippen LogP contribution >= 0.6 is 0 Å². The van der Waals surface area contributed by atoms with Gasteiger partial charge < -0.3 is 4.74 Å². The van der Waals surface area contributed by atoms with E-state index in [1.165, 1.54) is 6.26 Å². The summed E-state index contributed by atoms with van der Waals surface area (Å²) in [6.45, 7) is 1.94. The maximum atomic E-state index is 11.8. The molecule has 0 saturated carbocycles. The Morgan fingerprint density at radius 2 is 1.70 bits per heavy atom. The van der Waals surface area contributed by atoms with E-state index in [0.717, 1.165) is 5.56 Å². The second kappa shape index (κ2) is 6.54. The third-order valence-corrected chi connectivity index (χ3v) is 2.78. The monoisotopic (exact) mass is 269 g/mol. The van der Waals surface area contributed by atoms with Gasteiger partial charge in [-0.05, 0) is 19.1 Å². The molecular weight excluding hydrogens is 254 g/mol. The summed E-state index contributed by atoms with van der Waals surface area (Å²) in [4.78, 5) is 11.8. The minimum atomic E-state index is -0.478. The molecule has 2 N–H and O–H groups in total. The number of hydrogen-bond donors (Lipinski definition) is 2. The van der Waals surface area contributed by atoms with E-state index in [-0.39, 0.29) is 0 Å². The number of ether oxygens (including phenoxy) is 1. The van der Waals surface area contributed by atoms with Crippen molar-refractivity contribution in [2.75, 3.05) is 0 Å². The summed E-state index contributed by atoms with van der Waals surface area (Å²) in [6.07, 6.45) is 1.19. The van der Waals surface area contributed by atoms with Crippen LogP contribution in [0.1, 0.15) is 21.5 Å². The molecule has 0 amide bonds. The lowest BCUT2D eigenvalue weighted by Crippen LogP contribution is -2.08. The van der Waals surface area contributed by atoms with Gasteiger partial charge >= 0.3 is 5.97 Å². The molecule has 102 valence electrons. The second-order valence-corrected chi connectivity index (χ2v) is 4.28. The largest absolute Gasteiger partial charge is 0.429 e. The number of rotatable bonds is 4. The molecule has 0 heterocycles. The second-order valence-electron chi connectivity index (χ2n) is 4.28. The number of carbonyl (C=O) groups excluding carboxylic acids is 1. The van der Waals surface area contributed by atoms with E-state index in [9.17, 15) is 4.79 Å². The van der Waals surface area contributed by atoms with Crippen molar-refractivity contribution in [3.8, 4) is 0 Å². The van der Waals surface area contributed by atoms with E-state index >= 15 is 0 Å². The summed E-state index contributed by atoms with van der Waals surface area (Å²) in [5.74, 6) is -0.478. The Morgan fingerprint density at radius 1 is 1.05 bits per heavy atom. The minimum absolute atomic E-state index is 0.311. The van der Waals surface area contributed by atoms with E-state index in [0.29, 0.717) is 16.8 Å². The molecule has 2 aromatic rings. The third-order valence-electron chi connectivity index (χ3n) is 2.78. The van der Waals surface area contributed by atoms with Crippen molar-refractivity contribution < 1.29 is 14.7 Å². The number of hydroxylamine groups is 1. The van der Waals surface area contributed by atoms with Gasteiger partial charge in [-0.1, -0.05) is 48.0 Å². The maximum Gasteiger partial charge on any atom is 0.343 e. The highest BCUT2D eigenvalue weighted by Gasteiger charge is 2.07. The lowest BCUT2D eigenvalue weighted by molar-refractivity contribution is 0.0661. The molecule has 4 nitrogen and oxygen atoms in total. The molecule has 0 aromatic heterocycles. The van der Waals surface area contributed by atoms with Crippen molar-refractivity contribution in [3.63, 3.8) is 0 Å².